The van der Waals surface area contributed by atoms with Crippen LogP contribution in [0.4, 0.5) is 0 Å². The summed E-state index contributed by atoms with van der Waals surface area (Å²) in [5.74, 6) is 0.293. The van der Waals surface area contributed by atoms with Gasteiger partial charge in [0.25, 0.3) is 0 Å². The van der Waals surface area contributed by atoms with Crippen LogP contribution < -0.4 is 10.5 Å². The van der Waals surface area contributed by atoms with Crippen molar-refractivity contribution in [3.8, 4) is 0 Å². The lowest BCUT2D eigenvalue weighted by molar-refractivity contribution is -0.119. The predicted octanol–water partition coefficient (Wildman–Crippen LogP) is 1.45. The van der Waals surface area contributed by atoms with Crippen molar-refractivity contribution < 1.29 is 4.79 Å². The van der Waals surface area contributed by atoms with E-state index >= 15 is 0 Å². The molecule has 0 spiro atoms. The van der Waals surface area contributed by atoms with Gasteiger partial charge in [-0.1, -0.05) is 6.42 Å². The van der Waals surface area contributed by atoms with E-state index in [4.69, 9.17) is 5.73 Å². The molecule has 0 aliphatic heterocycles. The van der Waals surface area contributed by atoms with E-state index in [1.165, 1.54) is 11.3 Å². The van der Waals surface area contributed by atoms with Gasteiger partial charge in [0.2, 0.25) is 5.91 Å². The van der Waals surface area contributed by atoms with E-state index in [1.54, 1.807) is 0 Å². The highest BCUT2D eigenvalue weighted by Crippen LogP contribution is 2.26. The zero-order valence-electron chi connectivity index (χ0n) is 9.83. The molecule has 1 heterocycles. The van der Waals surface area contributed by atoms with Crippen LogP contribution in [0, 0.1) is 5.92 Å². The van der Waals surface area contributed by atoms with Gasteiger partial charge in [0, 0.05) is 31.1 Å². The van der Waals surface area contributed by atoms with Crippen LogP contribution in [-0.2, 0) is 11.8 Å². The molecule has 1 aliphatic rings. The molecule has 2 rings (SSSR count). The van der Waals surface area contributed by atoms with Gasteiger partial charge in [-0.3, -0.25) is 4.79 Å². The Morgan fingerprint density at radius 3 is 2.94 bits per heavy atom. The summed E-state index contributed by atoms with van der Waals surface area (Å²) < 4.78 is 1.86. The molecule has 96 valence electrons. The van der Waals surface area contributed by atoms with E-state index < -0.39 is 0 Å². The second kappa shape index (κ2) is 6.33. The Morgan fingerprint density at radius 1 is 1.65 bits per heavy atom. The molecule has 1 aliphatic carbocycles. The summed E-state index contributed by atoms with van der Waals surface area (Å²) in [5, 5.41) is 1.92. The minimum absolute atomic E-state index is 0. The molecule has 1 aromatic rings. The van der Waals surface area contributed by atoms with Gasteiger partial charge >= 0.3 is 0 Å². The predicted molar refractivity (Wildman–Crippen MR) is 71.0 cm³/mol. The Hall–Kier alpha value is -0.650. The first kappa shape index (κ1) is 14.4. The molecule has 1 saturated carbocycles. The number of hydrogen-bond donors (Lipinski definition) is 1. The second-order valence-corrected chi connectivity index (χ2v) is 5.23. The Labute approximate surface area is 111 Å². The summed E-state index contributed by atoms with van der Waals surface area (Å²) >= 11 is 1.48. The summed E-state index contributed by atoms with van der Waals surface area (Å²) in [7, 11) is 1.89. The SMILES string of the molecule is Cl.Cn1ccsc1=NC(=O)C[C@@H]1CCC[C@H]1N. The van der Waals surface area contributed by atoms with Crippen molar-refractivity contribution in [1.82, 2.24) is 4.57 Å². The number of nitrogens with two attached hydrogens (primary N) is 1. The summed E-state index contributed by atoms with van der Waals surface area (Å²) in [6.45, 7) is 0. The lowest BCUT2D eigenvalue weighted by atomic mass is 10.0. The molecule has 6 heteroatoms. The number of carbonyl (C=O) groups is 1. The minimum atomic E-state index is -0.0413. The van der Waals surface area contributed by atoms with E-state index in [0.717, 1.165) is 24.1 Å². The second-order valence-electron chi connectivity index (χ2n) is 4.36. The van der Waals surface area contributed by atoms with Crippen LogP contribution in [0.1, 0.15) is 25.7 Å². The number of halogens is 1. The van der Waals surface area contributed by atoms with E-state index in [1.807, 2.05) is 23.2 Å². The average Bonchev–Trinajstić information content (AvgIpc) is 2.79. The maximum Gasteiger partial charge on any atom is 0.248 e. The quantitative estimate of drug-likeness (QED) is 0.888. The lowest BCUT2D eigenvalue weighted by Gasteiger charge is -2.11. The first-order valence-electron chi connectivity index (χ1n) is 5.60. The fraction of sp³-hybridized carbons (Fsp3) is 0.636. The van der Waals surface area contributed by atoms with Crippen molar-refractivity contribution in [3.05, 3.63) is 16.4 Å². The van der Waals surface area contributed by atoms with Crippen molar-refractivity contribution in [2.75, 3.05) is 0 Å². The standard InChI is InChI=1S/C11H17N3OS.ClH/c1-14-5-6-16-11(14)13-10(15)7-8-3-2-4-9(8)12;/h5-6,8-9H,2-4,7,12H2,1H3;1H/t8-,9+;/m0./s1. The number of hydrogen-bond acceptors (Lipinski definition) is 3. The van der Waals surface area contributed by atoms with Gasteiger partial charge in [-0.15, -0.1) is 23.7 Å². The number of aromatic nitrogens is 1. The van der Waals surface area contributed by atoms with Gasteiger partial charge in [0.05, 0.1) is 0 Å². The first-order chi connectivity index (χ1) is 7.66. The summed E-state index contributed by atoms with van der Waals surface area (Å²) in [6.07, 6.45) is 5.66. The topological polar surface area (TPSA) is 60.4 Å². The number of carbonyl (C=O) groups excluding carboxylic acids is 1. The lowest BCUT2D eigenvalue weighted by Crippen LogP contribution is -2.26. The van der Waals surface area contributed by atoms with Crippen LogP contribution in [0.25, 0.3) is 0 Å². The van der Waals surface area contributed by atoms with Crippen molar-refractivity contribution in [2.24, 2.45) is 23.7 Å². The zero-order valence-corrected chi connectivity index (χ0v) is 11.5. The molecular weight excluding hydrogens is 258 g/mol. The molecule has 1 aromatic heterocycles. The Balaban J connectivity index is 0.00000144. The maximum absolute atomic E-state index is 11.7. The third-order valence-electron chi connectivity index (χ3n) is 3.13. The normalized spacial score (nSPS) is 24.7. The Kier molecular flexibility index (Phi) is 5.36. The molecule has 1 fully saturated rings. The molecule has 0 radical (unpaired) electrons. The zero-order chi connectivity index (χ0) is 11.5. The molecule has 17 heavy (non-hydrogen) atoms. The van der Waals surface area contributed by atoms with Crippen molar-refractivity contribution >= 4 is 29.7 Å². The monoisotopic (exact) mass is 275 g/mol. The number of thiazole rings is 1. The molecule has 4 nitrogen and oxygen atoms in total. The molecular formula is C11H18ClN3OS. The number of rotatable bonds is 2. The van der Waals surface area contributed by atoms with Crippen LogP contribution in [-0.4, -0.2) is 16.5 Å². The van der Waals surface area contributed by atoms with Gasteiger partial charge in [-0.2, -0.15) is 4.99 Å². The van der Waals surface area contributed by atoms with Crippen LogP contribution in [0.5, 0.6) is 0 Å². The minimum Gasteiger partial charge on any atom is -0.327 e. The molecule has 1 amide bonds. The fourth-order valence-electron chi connectivity index (χ4n) is 2.13. The third-order valence-corrected chi connectivity index (χ3v) is 3.98. The van der Waals surface area contributed by atoms with Gasteiger partial charge in [-0.05, 0) is 18.8 Å². The first-order valence-corrected chi connectivity index (χ1v) is 6.48. The molecule has 0 aromatic carbocycles. The van der Waals surface area contributed by atoms with Gasteiger partial charge in [0.15, 0.2) is 4.80 Å². The van der Waals surface area contributed by atoms with Crippen LogP contribution in [0.2, 0.25) is 0 Å². The van der Waals surface area contributed by atoms with Crippen LogP contribution in [0.15, 0.2) is 16.6 Å². The highest BCUT2D eigenvalue weighted by atomic mass is 35.5. The molecule has 2 atom stereocenters. The number of amides is 1. The number of nitrogens with zero attached hydrogens (tertiary/aromatic N) is 2. The average molecular weight is 276 g/mol. The fourth-order valence-corrected chi connectivity index (χ4v) is 2.88. The summed E-state index contributed by atoms with van der Waals surface area (Å²) in [4.78, 5) is 16.6. The Bertz CT molecular complexity index is 440. The number of aryl methyl sites for hydroxylation is 1. The van der Waals surface area contributed by atoms with E-state index in [9.17, 15) is 4.79 Å². The van der Waals surface area contributed by atoms with E-state index in [0.29, 0.717) is 12.3 Å². The molecule has 0 saturated heterocycles. The van der Waals surface area contributed by atoms with Crippen LogP contribution in [0.3, 0.4) is 0 Å². The smallest absolute Gasteiger partial charge is 0.248 e. The molecule has 0 unspecified atom stereocenters. The van der Waals surface area contributed by atoms with Gasteiger partial charge in [-0.25, -0.2) is 0 Å². The van der Waals surface area contributed by atoms with E-state index in [-0.39, 0.29) is 24.4 Å². The largest absolute Gasteiger partial charge is 0.327 e. The van der Waals surface area contributed by atoms with Crippen LogP contribution >= 0.6 is 23.7 Å². The summed E-state index contributed by atoms with van der Waals surface area (Å²) in [5.41, 5.74) is 5.93. The van der Waals surface area contributed by atoms with Crippen molar-refractivity contribution in [3.63, 3.8) is 0 Å². The van der Waals surface area contributed by atoms with Crippen molar-refractivity contribution in [2.45, 2.75) is 31.7 Å². The summed E-state index contributed by atoms with van der Waals surface area (Å²) in [6, 6.07) is 0.191. The van der Waals surface area contributed by atoms with E-state index in [2.05, 4.69) is 4.99 Å². The highest BCUT2D eigenvalue weighted by Gasteiger charge is 2.25. The third kappa shape index (κ3) is 3.66. The molecule has 2 N–H and O–H groups in total. The maximum atomic E-state index is 11.7. The Morgan fingerprint density at radius 2 is 2.41 bits per heavy atom. The van der Waals surface area contributed by atoms with Gasteiger partial charge < -0.3 is 10.3 Å². The van der Waals surface area contributed by atoms with Gasteiger partial charge in [0.1, 0.15) is 0 Å². The van der Waals surface area contributed by atoms with Crippen molar-refractivity contribution in [1.29, 1.82) is 0 Å². The highest BCUT2D eigenvalue weighted by molar-refractivity contribution is 7.07. The molecule has 0 bridgehead atoms.